The molecule has 1 N–H and O–H groups in total. The Morgan fingerprint density at radius 1 is 1.32 bits per heavy atom. The topological polar surface area (TPSA) is 12.0 Å². The van der Waals surface area contributed by atoms with Gasteiger partial charge in [-0.2, -0.15) is 0 Å². The van der Waals surface area contributed by atoms with E-state index in [1.165, 1.54) is 19.3 Å². The van der Waals surface area contributed by atoms with Gasteiger partial charge >= 0.3 is 0 Å². The first-order valence-corrected chi connectivity index (χ1v) is 8.17. The van der Waals surface area contributed by atoms with Gasteiger partial charge in [0.2, 0.25) is 0 Å². The quantitative estimate of drug-likeness (QED) is 0.829. The molecule has 2 saturated carbocycles. The number of fused-ring (bicyclic) bond motifs is 1. The second-order valence-electron chi connectivity index (χ2n) is 6.06. The first kappa shape index (κ1) is 13.6. The van der Waals surface area contributed by atoms with Crippen molar-refractivity contribution in [3.63, 3.8) is 0 Å². The van der Waals surface area contributed by atoms with Gasteiger partial charge in [-0.1, -0.05) is 19.1 Å². The highest BCUT2D eigenvalue weighted by Gasteiger charge is 2.48. The van der Waals surface area contributed by atoms with Crippen molar-refractivity contribution in [1.29, 1.82) is 0 Å². The van der Waals surface area contributed by atoms with Crippen LogP contribution in [-0.4, -0.2) is 6.54 Å². The van der Waals surface area contributed by atoms with Crippen molar-refractivity contribution >= 4 is 15.9 Å². The van der Waals surface area contributed by atoms with E-state index in [-0.39, 0.29) is 11.9 Å². The Kier molecular flexibility index (Phi) is 3.95. The SMILES string of the molecule is CCCNC(c1cccc(Br)c1F)C1CC2CC2C1. The van der Waals surface area contributed by atoms with E-state index in [1.54, 1.807) is 6.07 Å². The smallest absolute Gasteiger partial charge is 0.142 e. The van der Waals surface area contributed by atoms with Crippen molar-refractivity contribution in [3.05, 3.63) is 34.1 Å². The zero-order valence-electron chi connectivity index (χ0n) is 11.3. The van der Waals surface area contributed by atoms with Crippen LogP contribution in [0.3, 0.4) is 0 Å². The van der Waals surface area contributed by atoms with Crippen LogP contribution in [0.1, 0.15) is 44.2 Å². The average Bonchev–Trinajstić information content (AvgIpc) is 3.02. The van der Waals surface area contributed by atoms with E-state index in [1.807, 2.05) is 12.1 Å². The summed E-state index contributed by atoms with van der Waals surface area (Å²) in [5, 5.41) is 3.58. The molecule has 0 heterocycles. The molecule has 0 radical (unpaired) electrons. The van der Waals surface area contributed by atoms with E-state index >= 15 is 0 Å². The summed E-state index contributed by atoms with van der Waals surface area (Å²) in [5.41, 5.74) is 0.842. The number of hydrogen-bond acceptors (Lipinski definition) is 1. The van der Waals surface area contributed by atoms with Gasteiger partial charge in [0.25, 0.3) is 0 Å². The van der Waals surface area contributed by atoms with Crippen LogP contribution in [0.2, 0.25) is 0 Å². The van der Waals surface area contributed by atoms with Crippen LogP contribution in [-0.2, 0) is 0 Å². The summed E-state index contributed by atoms with van der Waals surface area (Å²) in [4.78, 5) is 0. The highest BCUT2D eigenvalue weighted by atomic mass is 79.9. The second kappa shape index (κ2) is 5.53. The minimum atomic E-state index is -0.0864. The minimum absolute atomic E-state index is 0.0864. The Morgan fingerprint density at radius 2 is 2.05 bits per heavy atom. The molecule has 3 rings (SSSR count). The fourth-order valence-electron chi connectivity index (χ4n) is 3.62. The predicted molar refractivity (Wildman–Crippen MR) is 79.5 cm³/mol. The van der Waals surface area contributed by atoms with Gasteiger partial charge in [-0.15, -0.1) is 0 Å². The van der Waals surface area contributed by atoms with Crippen molar-refractivity contribution < 1.29 is 4.39 Å². The van der Waals surface area contributed by atoms with E-state index in [0.717, 1.165) is 30.4 Å². The van der Waals surface area contributed by atoms with Crippen molar-refractivity contribution in [2.75, 3.05) is 6.54 Å². The number of halogens is 2. The maximum Gasteiger partial charge on any atom is 0.142 e. The zero-order chi connectivity index (χ0) is 13.4. The molecule has 1 nitrogen and oxygen atoms in total. The largest absolute Gasteiger partial charge is 0.310 e. The Balaban J connectivity index is 1.83. The molecule has 2 aliphatic carbocycles. The summed E-state index contributed by atoms with van der Waals surface area (Å²) in [5.74, 6) is 2.40. The maximum absolute atomic E-state index is 14.4. The molecule has 2 fully saturated rings. The Morgan fingerprint density at radius 3 is 2.74 bits per heavy atom. The lowest BCUT2D eigenvalue weighted by Crippen LogP contribution is -2.29. The second-order valence-corrected chi connectivity index (χ2v) is 6.92. The average molecular weight is 326 g/mol. The Bertz CT molecular complexity index is 452. The molecule has 3 heteroatoms. The molecule has 3 atom stereocenters. The molecule has 0 aliphatic heterocycles. The van der Waals surface area contributed by atoms with E-state index in [2.05, 4.69) is 28.2 Å². The lowest BCUT2D eigenvalue weighted by molar-refractivity contribution is 0.333. The van der Waals surface area contributed by atoms with Gasteiger partial charge in [0.15, 0.2) is 0 Å². The molecule has 1 aromatic rings. The summed E-state index contributed by atoms with van der Waals surface area (Å²) in [7, 11) is 0. The van der Waals surface area contributed by atoms with Gasteiger partial charge in [0, 0.05) is 11.6 Å². The normalized spacial score (nSPS) is 30.2. The highest BCUT2D eigenvalue weighted by Crippen LogP contribution is 2.57. The molecule has 0 spiro atoms. The molecule has 1 aromatic carbocycles. The predicted octanol–water partition coefficient (Wildman–Crippen LogP) is 4.68. The molecular formula is C16H21BrFN. The van der Waals surface area contributed by atoms with E-state index in [9.17, 15) is 4.39 Å². The van der Waals surface area contributed by atoms with Crippen molar-refractivity contribution in [3.8, 4) is 0 Å². The molecule has 0 aromatic heterocycles. The van der Waals surface area contributed by atoms with Crippen LogP contribution < -0.4 is 5.32 Å². The minimum Gasteiger partial charge on any atom is -0.310 e. The molecule has 3 unspecified atom stereocenters. The van der Waals surface area contributed by atoms with Crippen molar-refractivity contribution in [2.45, 2.75) is 38.6 Å². The van der Waals surface area contributed by atoms with Gasteiger partial charge in [-0.3, -0.25) is 0 Å². The van der Waals surface area contributed by atoms with Crippen molar-refractivity contribution in [1.82, 2.24) is 5.32 Å². The first-order valence-electron chi connectivity index (χ1n) is 7.38. The van der Waals surface area contributed by atoms with Gasteiger partial charge in [0.05, 0.1) is 4.47 Å². The van der Waals surface area contributed by atoms with E-state index in [4.69, 9.17) is 0 Å². The summed E-state index contributed by atoms with van der Waals surface area (Å²) < 4.78 is 14.9. The third-order valence-electron chi connectivity index (χ3n) is 4.68. The van der Waals surface area contributed by atoms with Crippen LogP contribution in [0.5, 0.6) is 0 Å². The molecule has 0 bridgehead atoms. The number of rotatable bonds is 5. The van der Waals surface area contributed by atoms with Crippen LogP contribution in [0, 0.1) is 23.6 Å². The van der Waals surface area contributed by atoms with Crippen LogP contribution in [0.4, 0.5) is 4.39 Å². The Hall–Kier alpha value is -0.410. The number of hydrogen-bond donors (Lipinski definition) is 1. The fourth-order valence-corrected chi connectivity index (χ4v) is 4.01. The summed E-state index contributed by atoms with van der Waals surface area (Å²) in [6.07, 6.45) is 5.06. The molecule has 0 amide bonds. The summed E-state index contributed by atoms with van der Waals surface area (Å²) in [6, 6.07) is 5.85. The van der Waals surface area contributed by atoms with Gasteiger partial charge in [-0.25, -0.2) is 4.39 Å². The van der Waals surface area contributed by atoms with E-state index < -0.39 is 0 Å². The number of nitrogens with one attached hydrogen (secondary N) is 1. The van der Waals surface area contributed by atoms with Crippen LogP contribution in [0.25, 0.3) is 0 Å². The molecule has 104 valence electrons. The maximum atomic E-state index is 14.4. The number of benzene rings is 1. The van der Waals surface area contributed by atoms with Crippen molar-refractivity contribution in [2.24, 2.45) is 17.8 Å². The van der Waals surface area contributed by atoms with Crippen LogP contribution in [0.15, 0.2) is 22.7 Å². The lowest BCUT2D eigenvalue weighted by atomic mass is 9.88. The monoisotopic (exact) mass is 325 g/mol. The van der Waals surface area contributed by atoms with Gasteiger partial charge in [-0.05, 0) is 72.0 Å². The zero-order valence-corrected chi connectivity index (χ0v) is 12.9. The third-order valence-corrected chi connectivity index (χ3v) is 5.29. The molecule has 19 heavy (non-hydrogen) atoms. The van der Waals surface area contributed by atoms with E-state index in [0.29, 0.717) is 10.4 Å². The molecule has 2 aliphatic rings. The lowest BCUT2D eigenvalue weighted by Gasteiger charge is -2.27. The third kappa shape index (κ3) is 2.73. The summed E-state index contributed by atoms with van der Waals surface area (Å²) in [6.45, 7) is 3.12. The molecule has 0 saturated heterocycles. The van der Waals surface area contributed by atoms with Gasteiger partial charge in [0.1, 0.15) is 5.82 Å². The van der Waals surface area contributed by atoms with Gasteiger partial charge < -0.3 is 5.32 Å². The molecular weight excluding hydrogens is 305 g/mol. The highest BCUT2D eigenvalue weighted by molar-refractivity contribution is 9.10. The fraction of sp³-hybridized carbons (Fsp3) is 0.625. The standard InChI is InChI=1S/C16H21BrFN/c1-2-6-19-16(12-8-10-7-11(10)9-12)13-4-3-5-14(17)15(13)18/h3-5,10-12,16,19H,2,6-9H2,1H3. The Labute approximate surface area is 123 Å². The first-order chi connectivity index (χ1) is 9.20. The summed E-state index contributed by atoms with van der Waals surface area (Å²) >= 11 is 3.31. The van der Waals surface area contributed by atoms with Crippen LogP contribution >= 0.6 is 15.9 Å².